The lowest BCUT2D eigenvalue weighted by Gasteiger charge is -2.16. The Morgan fingerprint density at radius 1 is 0.800 bits per heavy atom. The van der Waals surface area contributed by atoms with Crippen molar-refractivity contribution in [3.63, 3.8) is 0 Å². The van der Waals surface area contributed by atoms with E-state index in [2.05, 4.69) is 43.4 Å². The van der Waals surface area contributed by atoms with Crippen molar-refractivity contribution >= 4 is 5.91 Å². The van der Waals surface area contributed by atoms with Crippen molar-refractivity contribution in [1.29, 1.82) is 0 Å². The molecule has 0 aliphatic heterocycles. The molecule has 25 heavy (non-hydrogen) atoms. The third-order valence-electron chi connectivity index (χ3n) is 4.95. The SMILES string of the molecule is CC(C)c1ccc(C(=O)NC2c3ccccc3-c3ccccc32)cc1. The number of hydrogen-bond donors (Lipinski definition) is 1. The molecule has 3 aromatic rings. The second-order valence-corrected chi connectivity index (χ2v) is 6.86. The first-order valence-corrected chi connectivity index (χ1v) is 8.74. The highest BCUT2D eigenvalue weighted by Crippen LogP contribution is 2.43. The number of nitrogens with one attached hydrogen (secondary N) is 1. The van der Waals surface area contributed by atoms with Crippen molar-refractivity contribution in [2.24, 2.45) is 0 Å². The fourth-order valence-electron chi connectivity index (χ4n) is 3.54. The molecule has 1 aliphatic rings. The van der Waals surface area contributed by atoms with E-state index >= 15 is 0 Å². The summed E-state index contributed by atoms with van der Waals surface area (Å²) < 4.78 is 0. The lowest BCUT2D eigenvalue weighted by molar-refractivity contribution is 0.0943. The van der Waals surface area contributed by atoms with E-state index in [1.165, 1.54) is 16.7 Å². The zero-order chi connectivity index (χ0) is 17.4. The van der Waals surface area contributed by atoms with Crippen molar-refractivity contribution in [3.05, 3.63) is 95.1 Å². The van der Waals surface area contributed by atoms with Gasteiger partial charge in [-0.25, -0.2) is 0 Å². The average Bonchev–Trinajstić information content (AvgIpc) is 2.96. The van der Waals surface area contributed by atoms with Crippen molar-refractivity contribution < 1.29 is 4.79 Å². The normalized spacial score (nSPS) is 12.8. The molecule has 1 amide bonds. The molecule has 0 atom stereocenters. The summed E-state index contributed by atoms with van der Waals surface area (Å²) >= 11 is 0. The summed E-state index contributed by atoms with van der Waals surface area (Å²) in [6.45, 7) is 4.31. The van der Waals surface area contributed by atoms with Crippen LogP contribution in [0.15, 0.2) is 72.8 Å². The number of rotatable bonds is 3. The van der Waals surface area contributed by atoms with E-state index in [0.717, 1.165) is 11.1 Å². The smallest absolute Gasteiger partial charge is 0.252 e. The van der Waals surface area contributed by atoms with Crippen LogP contribution in [0.1, 0.15) is 52.9 Å². The van der Waals surface area contributed by atoms with Crippen LogP contribution in [0.25, 0.3) is 11.1 Å². The lowest BCUT2D eigenvalue weighted by atomic mass is 10.0. The van der Waals surface area contributed by atoms with Gasteiger partial charge in [-0.05, 0) is 45.9 Å². The maximum absolute atomic E-state index is 12.8. The molecule has 0 unspecified atom stereocenters. The predicted molar refractivity (Wildman–Crippen MR) is 102 cm³/mol. The van der Waals surface area contributed by atoms with Crippen LogP contribution in [-0.2, 0) is 0 Å². The Balaban J connectivity index is 1.65. The highest BCUT2D eigenvalue weighted by molar-refractivity contribution is 5.95. The van der Waals surface area contributed by atoms with Gasteiger partial charge in [0, 0.05) is 5.56 Å². The van der Waals surface area contributed by atoms with Gasteiger partial charge in [0.2, 0.25) is 0 Å². The predicted octanol–water partition coefficient (Wildman–Crippen LogP) is 5.31. The van der Waals surface area contributed by atoms with E-state index in [9.17, 15) is 4.79 Å². The second kappa shape index (κ2) is 6.21. The van der Waals surface area contributed by atoms with E-state index in [0.29, 0.717) is 11.5 Å². The summed E-state index contributed by atoms with van der Waals surface area (Å²) in [5.74, 6) is 0.428. The minimum atomic E-state index is -0.0929. The van der Waals surface area contributed by atoms with Crippen molar-refractivity contribution in [3.8, 4) is 11.1 Å². The zero-order valence-electron chi connectivity index (χ0n) is 14.5. The first-order chi connectivity index (χ1) is 12.1. The molecule has 0 fully saturated rings. The topological polar surface area (TPSA) is 29.1 Å². The minimum Gasteiger partial charge on any atom is -0.341 e. The molecule has 0 radical (unpaired) electrons. The largest absolute Gasteiger partial charge is 0.341 e. The average molecular weight is 327 g/mol. The Labute approximate surface area is 148 Å². The summed E-state index contributed by atoms with van der Waals surface area (Å²) in [6.07, 6.45) is 0. The molecule has 0 bridgehead atoms. The standard InChI is InChI=1S/C23H21NO/c1-15(2)16-11-13-17(14-12-16)23(25)24-22-20-9-5-3-7-18(20)19-8-4-6-10-21(19)22/h3-15,22H,1-2H3,(H,24,25). The van der Waals surface area contributed by atoms with Crippen LogP contribution in [0.4, 0.5) is 0 Å². The summed E-state index contributed by atoms with van der Waals surface area (Å²) in [5.41, 5.74) is 6.68. The van der Waals surface area contributed by atoms with E-state index < -0.39 is 0 Å². The quantitative estimate of drug-likeness (QED) is 0.694. The fourth-order valence-corrected chi connectivity index (χ4v) is 3.54. The summed E-state index contributed by atoms with van der Waals surface area (Å²) in [4.78, 5) is 12.8. The molecular formula is C23H21NO. The molecule has 1 N–H and O–H groups in total. The summed E-state index contributed by atoms with van der Waals surface area (Å²) in [7, 11) is 0. The van der Waals surface area contributed by atoms with Gasteiger partial charge in [0.15, 0.2) is 0 Å². The summed E-state index contributed by atoms with van der Waals surface area (Å²) in [5, 5.41) is 3.22. The third-order valence-corrected chi connectivity index (χ3v) is 4.95. The van der Waals surface area contributed by atoms with Crippen molar-refractivity contribution in [1.82, 2.24) is 5.32 Å². The number of carbonyl (C=O) groups excluding carboxylic acids is 1. The molecular weight excluding hydrogens is 306 g/mol. The van der Waals surface area contributed by atoms with Gasteiger partial charge < -0.3 is 5.32 Å². The van der Waals surface area contributed by atoms with Gasteiger partial charge in [-0.15, -0.1) is 0 Å². The molecule has 0 spiro atoms. The Morgan fingerprint density at radius 3 is 1.84 bits per heavy atom. The zero-order valence-corrected chi connectivity index (χ0v) is 14.5. The van der Waals surface area contributed by atoms with Crippen LogP contribution < -0.4 is 5.32 Å². The van der Waals surface area contributed by atoms with Gasteiger partial charge in [-0.2, -0.15) is 0 Å². The van der Waals surface area contributed by atoms with Gasteiger partial charge in [0.1, 0.15) is 0 Å². The van der Waals surface area contributed by atoms with Crippen LogP contribution in [0.2, 0.25) is 0 Å². The molecule has 2 nitrogen and oxygen atoms in total. The molecule has 4 rings (SSSR count). The van der Waals surface area contributed by atoms with Crippen LogP contribution in [-0.4, -0.2) is 5.91 Å². The molecule has 0 aromatic heterocycles. The first-order valence-electron chi connectivity index (χ1n) is 8.74. The highest BCUT2D eigenvalue weighted by Gasteiger charge is 2.29. The van der Waals surface area contributed by atoms with Gasteiger partial charge in [0.25, 0.3) is 5.91 Å². The Kier molecular flexibility index (Phi) is 3.89. The molecule has 1 aliphatic carbocycles. The third kappa shape index (κ3) is 2.74. The summed E-state index contributed by atoms with van der Waals surface area (Å²) in [6, 6.07) is 24.4. The van der Waals surface area contributed by atoms with Crippen LogP contribution in [0.5, 0.6) is 0 Å². The maximum atomic E-state index is 12.8. The van der Waals surface area contributed by atoms with E-state index in [-0.39, 0.29) is 11.9 Å². The van der Waals surface area contributed by atoms with Crippen LogP contribution in [0, 0.1) is 0 Å². The van der Waals surface area contributed by atoms with Crippen LogP contribution in [0.3, 0.4) is 0 Å². The molecule has 2 heteroatoms. The molecule has 0 heterocycles. The molecule has 0 saturated heterocycles. The highest BCUT2D eigenvalue weighted by atomic mass is 16.1. The van der Waals surface area contributed by atoms with E-state index in [1.807, 2.05) is 48.5 Å². The van der Waals surface area contributed by atoms with Crippen molar-refractivity contribution in [2.75, 3.05) is 0 Å². The molecule has 0 saturated carbocycles. The van der Waals surface area contributed by atoms with Gasteiger partial charge in [-0.1, -0.05) is 74.5 Å². The van der Waals surface area contributed by atoms with E-state index in [1.54, 1.807) is 0 Å². The Hall–Kier alpha value is -2.87. The monoisotopic (exact) mass is 327 g/mol. The van der Waals surface area contributed by atoms with Gasteiger partial charge >= 0.3 is 0 Å². The number of amides is 1. The number of hydrogen-bond acceptors (Lipinski definition) is 1. The second-order valence-electron chi connectivity index (χ2n) is 6.86. The van der Waals surface area contributed by atoms with E-state index in [4.69, 9.17) is 0 Å². The molecule has 124 valence electrons. The minimum absolute atomic E-state index is 0.0354. The first kappa shape index (κ1) is 15.6. The Morgan fingerprint density at radius 2 is 1.32 bits per heavy atom. The fraction of sp³-hybridized carbons (Fsp3) is 0.174. The maximum Gasteiger partial charge on any atom is 0.252 e. The van der Waals surface area contributed by atoms with Crippen LogP contribution >= 0.6 is 0 Å². The molecule has 3 aromatic carbocycles. The number of fused-ring (bicyclic) bond motifs is 3. The van der Waals surface area contributed by atoms with Gasteiger partial charge in [-0.3, -0.25) is 4.79 Å². The van der Waals surface area contributed by atoms with Crippen molar-refractivity contribution in [2.45, 2.75) is 25.8 Å². The lowest BCUT2D eigenvalue weighted by Crippen LogP contribution is -2.28. The number of benzene rings is 3. The number of carbonyl (C=O) groups is 1. The van der Waals surface area contributed by atoms with Gasteiger partial charge in [0.05, 0.1) is 6.04 Å². The Bertz CT molecular complexity index is 879.